The minimum atomic E-state index is 0.326. The van der Waals surface area contributed by atoms with E-state index < -0.39 is 0 Å². The normalized spacial score (nSPS) is 32.8. The second-order valence-electron chi connectivity index (χ2n) is 4.88. The molecule has 94 valence electrons. The van der Waals surface area contributed by atoms with Crippen molar-refractivity contribution in [3.8, 4) is 0 Å². The lowest BCUT2D eigenvalue weighted by molar-refractivity contribution is -0.145. The van der Waals surface area contributed by atoms with Crippen LogP contribution in [0.15, 0.2) is 0 Å². The van der Waals surface area contributed by atoms with Crippen LogP contribution in [0.1, 0.15) is 25.7 Å². The second-order valence-corrected chi connectivity index (χ2v) is 4.88. The maximum Gasteiger partial charge on any atom is 0.147 e. The first-order valence-corrected chi connectivity index (χ1v) is 6.41. The molecule has 0 bridgehead atoms. The molecule has 4 heteroatoms. The van der Waals surface area contributed by atoms with Crippen molar-refractivity contribution >= 4 is 0 Å². The zero-order valence-corrected chi connectivity index (χ0v) is 9.94. The summed E-state index contributed by atoms with van der Waals surface area (Å²) < 4.78 is 10.7. The van der Waals surface area contributed by atoms with E-state index in [-0.39, 0.29) is 0 Å². The van der Waals surface area contributed by atoms with Crippen LogP contribution in [0.2, 0.25) is 0 Å². The van der Waals surface area contributed by atoms with Gasteiger partial charge in [0.2, 0.25) is 0 Å². The third kappa shape index (κ3) is 3.70. The van der Waals surface area contributed by atoms with Crippen LogP contribution in [-0.4, -0.2) is 55.8 Å². The fourth-order valence-corrected chi connectivity index (χ4v) is 2.67. The summed E-state index contributed by atoms with van der Waals surface area (Å²) in [6.45, 7) is 4.96. The van der Waals surface area contributed by atoms with E-state index in [1.54, 1.807) is 0 Å². The predicted octanol–water partition coefficient (Wildman–Crippen LogP) is 0.844. The highest BCUT2D eigenvalue weighted by molar-refractivity contribution is 4.76. The maximum atomic E-state index is 8.97. The molecule has 4 nitrogen and oxygen atoms in total. The molecule has 0 aromatic carbocycles. The summed E-state index contributed by atoms with van der Waals surface area (Å²) in [7, 11) is 0. The van der Waals surface area contributed by atoms with E-state index in [1.807, 2.05) is 0 Å². The Kier molecular flexibility index (Phi) is 5.03. The molecule has 2 aliphatic rings. The molecule has 1 N–H and O–H groups in total. The summed E-state index contributed by atoms with van der Waals surface area (Å²) >= 11 is 0. The lowest BCUT2D eigenvalue weighted by Crippen LogP contribution is -2.42. The van der Waals surface area contributed by atoms with Crippen molar-refractivity contribution in [2.45, 2.75) is 31.8 Å². The highest BCUT2D eigenvalue weighted by Gasteiger charge is 2.23. The molecule has 2 rings (SSSR count). The summed E-state index contributed by atoms with van der Waals surface area (Å²) in [4.78, 5) is 2.49. The molecule has 0 aromatic heterocycles. The van der Waals surface area contributed by atoms with E-state index in [4.69, 9.17) is 14.6 Å². The van der Waals surface area contributed by atoms with Gasteiger partial charge in [-0.05, 0) is 38.1 Å². The molecule has 0 amide bonds. The quantitative estimate of drug-likeness (QED) is 0.776. The van der Waals surface area contributed by atoms with Gasteiger partial charge in [-0.25, -0.2) is 0 Å². The van der Waals surface area contributed by atoms with E-state index >= 15 is 0 Å². The van der Waals surface area contributed by atoms with Crippen molar-refractivity contribution in [3.05, 3.63) is 0 Å². The molecular weight excluding hydrogens is 206 g/mol. The standard InChI is InChI=1S/C12H23NO3/c14-6-3-11-2-1-5-13(8-11)9-12-4-7-15-10-16-12/h11-12,14H,1-10H2. The van der Waals surface area contributed by atoms with Gasteiger partial charge in [-0.3, -0.25) is 0 Å². The average molecular weight is 229 g/mol. The number of hydrogen-bond donors (Lipinski definition) is 1. The number of ether oxygens (including phenoxy) is 2. The molecule has 0 saturated carbocycles. The monoisotopic (exact) mass is 229 g/mol. The second kappa shape index (κ2) is 6.55. The summed E-state index contributed by atoms with van der Waals surface area (Å²) in [5, 5.41) is 8.97. The average Bonchev–Trinajstić information content (AvgIpc) is 2.31. The van der Waals surface area contributed by atoms with E-state index in [9.17, 15) is 0 Å². The van der Waals surface area contributed by atoms with Crippen molar-refractivity contribution in [1.29, 1.82) is 0 Å². The Labute approximate surface area is 97.5 Å². The lowest BCUT2D eigenvalue weighted by Gasteiger charge is -2.35. The maximum absolute atomic E-state index is 8.97. The van der Waals surface area contributed by atoms with E-state index in [2.05, 4.69) is 4.90 Å². The van der Waals surface area contributed by atoms with E-state index in [0.29, 0.717) is 25.4 Å². The van der Waals surface area contributed by atoms with Gasteiger partial charge < -0.3 is 19.5 Å². The molecule has 2 unspecified atom stereocenters. The minimum Gasteiger partial charge on any atom is -0.396 e. The predicted molar refractivity (Wildman–Crippen MR) is 61.2 cm³/mol. The van der Waals surface area contributed by atoms with Crippen molar-refractivity contribution in [2.24, 2.45) is 5.92 Å². The summed E-state index contributed by atoms with van der Waals surface area (Å²) in [6.07, 6.45) is 4.84. The van der Waals surface area contributed by atoms with Gasteiger partial charge in [0.05, 0.1) is 12.7 Å². The number of nitrogens with zero attached hydrogens (tertiary/aromatic N) is 1. The first-order chi connectivity index (χ1) is 7.88. The van der Waals surface area contributed by atoms with Gasteiger partial charge in [0, 0.05) is 19.7 Å². The van der Waals surface area contributed by atoms with Crippen molar-refractivity contribution in [3.63, 3.8) is 0 Å². The van der Waals surface area contributed by atoms with Crippen LogP contribution in [0, 0.1) is 5.92 Å². The smallest absolute Gasteiger partial charge is 0.147 e. The molecule has 16 heavy (non-hydrogen) atoms. The fourth-order valence-electron chi connectivity index (χ4n) is 2.67. The first kappa shape index (κ1) is 12.3. The molecule has 2 saturated heterocycles. The van der Waals surface area contributed by atoms with Gasteiger partial charge in [0.15, 0.2) is 0 Å². The highest BCUT2D eigenvalue weighted by Crippen LogP contribution is 2.20. The SMILES string of the molecule is OCCC1CCCN(CC2CCOCO2)C1. The van der Waals surface area contributed by atoms with Crippen LogP contribution in [0.4, 0.5) is 0 Å². The zero-order valence-electron chi connectivity index (χ0n) is 9.94. The minimum absolute atomic E-state index is 0.326. The Hall–Kier alpha value is -0.160. The largest absolute Gasteiger partial charge is 0.396 e. The lowest BCUT2D eigenvalue weighted by atomic mass is 9.95. The molecule has 0 aromatic rings. The van der Waals surface area contributed by atoms with Gasteiger partial charge >= 0.3 is 0 Å². The van der Waals surface area contributed by atoms with Crippen LogP contribution in [-0.2, 0) is 9.47 Å². The summed E-state index contributed by atoms with van der Waals surface area (Å²) in [5.74, 6) is 0.679. The molecule has 2 atom stereocenters. The highest BCUT2D eigenvalue weighted by atomic mass is 16.7. The number of likely N-dealkylation sites (tertiary alicyclic amines) is 1. The Morgan fingerprint density at radius 2 is 2.25 bits per heavy atom. The first-order valence-electron chi connectivity index (χ1n) is 6.41. The number of aliphatic hydroxyl groups is 1. The Morgan fingerprint density at radius 1 is 1.31 bits per heavy atom. The van der Waals surface area contributed by atoms with Crippen LogP contribution in [0.3, 0.4) is 0 Å². The zero-order chi connectivity index (χ0) is 11.2. The number of aliphatic hydroxyl groups excluding tert-OH is 1. The molecule has 2 heterocycles. The van der Waals surface area contributed by atoms with Crippen molar-refractivity contribution in [1.82, 2.24) is 4.90 Å². The van der Waals surface area contributed by atoms with Crippen LogP contribution >= 0.6 is 0 Å². The Morgan fingerprint density at radius 3 is 3.00 bits per heavy atom. The van der Waals surface area contributed by atoms with Crippen LogP contribution in [0.25, 0.3) is 0 Å². The molecular formula is C12H23NO3. The topological polar surface area (TPSA) is 41.9 Å². The molecule has 0 radical (unpaired) electrons. The van der Waals surface area contributed by atoms with E-state index in [1.165, 1.54) is 19.4 Å². The fraction of sp³-hybridized carbons (Fsp3) is 1.00. The number of piperidine rings is 1. The number of hydrogen-bond acceptors (Lipinski definition) is 4. The van der Waals surface area contributed by atoms with Gasteiger partial charge in [0.25, 0.3) is 0 Å². The molecule has 0 aliphatic carbocycles. The van der Waals surface area contributed by atoms with E-state index in [0.717, 1.165) is 32.5 Å². The summed E-state index contributed by atoms with van der Waals surface area (Å²) in [5.41, 5.74) is 0. The molecule has 2 fully saturated rings. The Bertz CT molecular complexity index is 193. The van der Waals surface area contributed by atoms with Gasteiger partial charge in [0.1, 0.15) is 6.79 Å². The third-order valence-corrected chi connectivity index (χ3v) is 3.57. The molecule has 0 spiro atoms. The van der Waals surface area contributed by atoms with Crippen molar-refractivity contribution in [2.75, 3.05) is 39.6 Å². The summed E-state index contributed by atoms with van der Waals surface area (Å²) in [6, 6.07) is 0. The Balaban J connectivity index is 1.71. The molecule has 2 aliphatic heterocycles. The van der Waals surface area contributed by atoms with Crippen LogP contribution in [0.5, 0.6) is 0 Å². The third-order valence-electron chi connectivity index (χ3n) is 3.57. The van der Waals surface area contributed by atoms with Gasteiger partial charge in [-0.1, -0.05) is 0 Å². The van der Waals surface area contributed by atoms with Crippen molar-refractivity contribution < 1.29 is 14.6 Å². The van der Waals surface area contributed by atoms with Crippen LogP contribution < -0.4 is 0 Å². The van der Waals surface area contributed by atoms with Gasteiger partial charge in [-0.15, -0.1) is 0 Å². The number of rotatable bonds is 4. The van der Waals surface area contributed by atoms with Gasteiger partial charge in [-0.2, -0.15) is 0 Å².